The van der Waals surface area contributed by atoms with Crippen LogP contribution < -0.4 is 4.74 Å². The summed E-state index contributed by atoms with van der Waals surface area (Å²) < 4.78 is 65.2. The molecule has 1 aliphatic heterocycles. The number of Topliss-reactive ketones (excluding diaryl/α,β-unsaturated/α-hetero) is 1. The molecule has 0 spiro atoms. The summed E-state index contributed by atoms with van der Waals surface area (Å²) in [6.45, 7) is 5.74. The molecule has 212 valence electrons. The van der Waals surface area contributed by atoms with Gasteiger partial charge in [-0.2, -0.15) is 16.8 Å². The molecule has 0 radical (unpaired) electrons. The third kappa shape index (κ3) is 9.30. The summed E-state index contributed by atoms with van der Waals surface area (Å²) in [5.74, 6) is 0.951. The van der Waals surface area contributed by atoms with Gasteiger partial charge in [0.1, 0.15) is 0 Å². The van der Waals surface area contributed by atoms with Crippen LogP contribution >= 0.6 is 0 Å². The molecular formula is C30H29O8S2Tl. The predicted molar refractivity (Wildman–Crippen MR) is 157 cm³/mol. The van der Waals surface area contributed by atoms with Crippen molar-refractivity contribution in [3.63, 3.8) is 0 Å². The molecule has 0 bridgehead atoms. The number of aryl methyl sites for hydroxylation is 3. The van der Waals surface area contributed by atoms with Crippen molar-refractivity contribution < 1.29 is 35.5 Å². The number of ether oxygens (including phenoxy) is 1. The minimum absolute atomic E-state index is 0.0117. The molecular weight excluding hydrogens is 757 g/mol. The van der Waals surface area contributed by atoms with Gasteiger partial charge in [0.2, 0.25) is 0 Å². The zero-order chi connectivity index (χ0) is 30.4. The van der Waals surface area contributed by atoms with Crippen LogP contribution in [0, 0.1) is 20.8 Å². The molecule has 0 unspecified atom stereocenters. The maximum atomic E-state index is 12.4. The van der Waals surface area contributed by atoms with Crippen LogP contribution in [0.1, 0.15) is 38.7 Å². The van der Waals surface area contributed by atoms with Crippen LogP contribution in [-0.4, -0.2) is 57.5 Å². The molecule has 0 saturated carbocycles. The molecule has 41 heavy (non-hydrogen) atoms. The fourth-order valence-electron chi connectivity index (χ4n) is 3.75. The molecule has 11 heteroatoms. The normalized spacial score (nSPS) is 16.1. The van der Waals surface area contributed by atoms with Gasteiger partial charge in [-0.15, -0.1) is 0 Å². The van der Waals surface area contributed by atoms with Crippen molar-refractivity contribution in [1.29, 1.82) is 0 Å². The Morgan fingerprint density at radius 3 is 1.44 bits per heavy atom. The molecule has 0 saturated heterocycles. The third-order valence-electron chi connectivity index (χ3n) is 6.08. The summed E-state index contributed by atoms with van der Waals surface area (Å²) in [6.07, 6.45) is -0.118. The number of ketones is 1. The number of hydrogen-bond acceptors (Lipinski definition) is 6. The van der Waals surface area contributed by atoms with Crippen molar-refractivity contribution in [2.24, 2.45) is 0 Å². The van der Waals surface area contributed by atoms with Gasteiger partial charge >= 0.3 is 129 Å². The number of hydrogen-bond donors (Lipinski definition) is 2. The monoisotopic (exact) mass is 786 g/mol. The van der Waals surface area contributed by atoms with Crippen LogP contribution in [0.15, 0.2) is 107 Å². The van der Waals surface area contributed by atoms with E-state index in [2.05, 4.69) is 31.2 Å². The first-order valence-electron chi connectivity index (χ1n) is 12.4. The van der Waals surface area contributed by atoms with Crippen LogP contribution in [-0.2, 0) is 20.2 Å². The summed E-state index contributed by atoms with van der Waals surface area (Å²) in [6, 6.07) is 27.8. The predicted octanol–water partition coefficient (Wildman–Crippen LogP) is 5.75. The summed E-state index contributed by atoms with van der Waals surface area (Å²) in [7, 11) is -8.04. The SMILES string of the molecule is Cc1ccc(S(=O)(=O)O)cc1.Cc1ccc(S(=O)(=O)O)cc1.Cc1ccc([C@@H]2Oc3ccccc3C(=O)[C@H]2[Tl])cc1. The van der Waals surface area contributed by atoms with Crippen LogP contribution in [0.25, 0.3) is 0 Å². The Labute approximate surface area is 256 Å². The fraction of sp³-hybridized carbons (Fsp3) is 0.167. The van der Waals surface area contributed by atoms with Crippen molar-refractivity contribution in [1.82, 2.24) is 0 Å². The molecule has 1 heterocycles. The molecule has 0 aliphatic carbocycles. The zero-order valence-corrected chi connectivity index (χ0v) is 28.8. The summed E-state index contributed by atoms with van der Waals surface area (Å²) >= 11 is 0.567. The van der Waals surface area contributed by atoms with Crippen molar-refractivity contribution >= 4 is 51.8 Å². The Kier molecular flexibility index (Phi) is 11.0. The molecule has 4 aromatic carbocycles. The average molecular weight is 786 g/mol. The number of benzene rings is 4. The Balaban J connectivity index is 0.000000181. The Morgan fingerprint density at radius 1 is 0.634 bits per heavy atom. The van der Waals surface area contributed by atoms with E-state index in [-0.39, 0.29) is 25.2 Å². The second kappa shape index (κ2) is 13.8. The quantitative estimate of drug-likeness (QED) is 0.198. The molecule has 0 amide bonds. The van der Waals surface area contributed by atoms with E-state index in [0.717, 1.165) is 28.0 Å². The van der Waals surface area contributed by atoms with Crippen molar-refractivity contribution in [3.05, 3.63) is 125 Å². The fourth-order valence-corrected chi connectivity index (χ4v) is 6.58. The maximum absolute atomic E-state index is 12.4. The Bertz CT molecular complexity index is 1630. The van der Waals surface area contributed by atoms with Crippen LogP contribution in [0.4, 0.5) is 0 Å². The molecule has 0 aromatic heterocycles. The van der Waals surface area contributed by atoms with Crippen molar-refractivity contribution in [2.45, 2.75) is 40.1 Å². The molecule has 2 atom stereocenters. The van der Waals surface area contributed by atoms with Crippen molar-refractivity contribution in [3.8, 4) is 5.75 Å². The first-order chi connectivity index (χ1) is 19.2. The van der Waals surface area contributed by atoms with E-state index in [1.165, 1.54) is 29.8 Å². The van der Waals surface area contributed by atoms with Crippen LogP contribution in [0.2, 0.25) is 3.48 Å². The van der Waals surface area contributed by atoms with Crippen LogP contribution in [0.5, 0.6) is 5.75 Å². The van der Waals surface area contributed by atoms with E-state index in [1.807, 2.05) is 38.1 Å². The number of carbonyl (C=O) groups is 1. The van der Waals surface area contributed by atoms with E-state index >= 15 is 0 Å². The second-order valence-corrected chi connectivity index (χ2v) is 15.0. The zero-order valence-electron chi connectivity index (χ0n) is 22.6. The molecule has 4 aromatic rings. The number of fused-ring (bicyclic) bond motifs is 1. The van der Waals surface area contributed by atoms with Gasteiger partial charge in [0.25, 0.3) is 20.2 Å². The third-order valence-corrected chi connectivity index (χ3v) is 10.4. The van der Waals surface area contributed by atoms with Gasteiger partial charge in [0.15, 0.2) is 0 Å². The van der Waals surface area contributed by atoms with E-state index in [4.69, 9.17) is 13.8 Å². The van der Waals surface area contributed by atoms with Gasteiger partial charge in [0, 0.05) is 0 Å². The standard InChI is InChI=1S/C16H13O2.2C7H8O3S.Tl/c1-11-6-8-12(9-7-11)16-10-14(17)13-4-2-3-5-15(13)18-16;2*1-6-2-4-7(5-3-6)11(8,9)10;/h2-10,16H,1H3;2*2-5H,1H3,(H,8,9,10);/t16-;;;/m1.../s1. The van der Waals surface area contributed by atoms with Gasteiger partial charge < -0.3 is 0 Å². The van der Waals surface area contributed by atoms with Crippen molar-refractivity contribution in [2.75, 3.05) is 0 Å². The molecule has 2 N–H and O–H groups in total. The Hall–Kier alpha value is -2.91. The minimum atomic E-state index is -4.02. The van der Waals surface area contributed by atoms with Gasteiger partial charge in [-0.1, -0.05) is 35.4 Å². The molecule has 8 nitrogen and oxygen atoms in total. The second-order valence-electron chi connectivity index (χ2n) is 9.41. The van der Waals surface area contributed by atoms with E-state index in [1.54, 1.807) is 24.3 Å². The van der Waals surface area contributed by atoms with Gasteiger partial charge in [-0.3, -0.25) is 9.11 Å². The average Bonchev–Trinajstić information content (AvgIpc) is 2.91. The molecule has 0 fully saturated rings. The molecule has 1 aliphatic rings. The van der Waals surface area contributed by atoms with E-state index < -0.39 is 20.2 Å². The Morgan fingerprint density at radius 2 is 1.02 bits per heavy atom. The molecule has 5 rings (SSSR count). The van der Waals surface area contributed by atoms with E-state index in [9.17, 15) is 21.6 Å². The number of carbonyl (C=O) groups excluding carboxylic acids is 1. The van der Waals surface area contributed by atoms with Gasteiger partial charge in [-0.25, -0.2) is 0 Å². The van der Waals surface area contributed by atoms with E-state index in [0.29, 0.717) is 25.8 Å². The summed E-state index contributed by atoms with van der Waals surface area (Å²) in [4.78, 5) is 12.3. The first-order valence-corrected chi connectivity index (χ1v) is 17.8. The van der Waals surface area contributed by atoms with Crippen LogP contribution in [0.3, 0.4) is 0 Å². The van der Waals surface area contributed by atoms with Gasteiger partial charge in [-0.05, 0) is 38.1 Å². The number of para-hydroxylation sites is 1. The summed E-state index contributed by atoms with van der Waals surface area (Å²) in [5, 5.41) is 0. The topological polar surface area (TPSA) is 135 Å². The van der Waals surface area contributed by atoms with Gasteiger partial charge in [0.05, 0.1) is 9.79 Å². The summed E-state index contributed by atoms with van der Waals surface area (Å²) in [5.41, 5.74) is 4.97. The number of rotatable bonds is 3. The first kappa shape index (κ1) is 32.6.